The molecule has 0 rings (SSSR count). The first-order chi connectivity index (χ1) is 7.02. The lowest BCUT2D eigenvalue weighted by atomic mass is 10.0. The van der Waals surface area contributed by atoms with Crippen LogP contribution in [0.1, 0.15) is 47.5 Å². The van der Waals surface area contributed by atoms with Crippen LogP contribution in [0.4, 0.5) is 0 Å². The van der Waals surface area contributed by atoms with Crippen LogP contribution in [0, 0.1) is 11.8 Å². The zero-order valence-corrected chi connectivity index (χ0v) is 12.0. The van der Waals surface area contributed by atoms with Crippen molar-refractivity contribution in [2.45, 2.75) is 53.5 Å². The van der Waals surface area contributed by atoms with E-state index in [1.807, 2.05) is 0 Å². The molecule has 0 aromatic heterocycles. The summed E-state index contributed by atoms with van der Waals surface area (Å²) in [5.74, 6) is 4.21. The Hall–Kier alpha value is 0.310. The van der Waals surface area contributed by atoms with Gasteiger partial charge in [0.25, 0.3) is 0 Å². The van der Waals surface area contributed by atoms with Crippen LogP contribution in [0.25, 0.3) is 0 Å². The van der Waals surface area contributed by atoms with Gasteiger partial charge in [0.05, 0.1) is 0 Å². The average Bonchev–Trinajstić information content (AvgIpc) is 2.13. The van der Waals surface area contributed by atoms with Crippen molar-refractivity contribution in [1.82, 2.24) is 5.32 Å². The van der Waals surface area contributed by atoms with Gasteiger partial charge >= 0.3 is 0 Å². The molecule has 15 heavy (non-hydrogen) atoms. The molecule has 0 aliphatic rings. The highest BCUT2D eigenvalue weighted by Gasteiger charge is 2.02. The van der Waals surface area contributed by atoms with E-state index in [9.17, 15) is 0 Å². The van der Waals surface area contributed by atoms with E-state index in [2.05, 4.69) is 51.7 Å². The number of hydrogen-bond donors (Lipinski definition) is 1. The zero-order valence-electron chi connectivity index (χ0n) is 11.2. The van der Waals surface area contributed by atoms with E-state index in [0.717, 1.165) is 18.4 Å². The Morgan fingerprint density at radius 2 is 1.60 bits per heavy atom. The van der Waals surface area contributed by atoms with Crippen LogP contribution in [0.2, 0.25) is 0 Å². The van der Waals surface area contributed by atoms with E-state index in [1.54, 1.807) is 0 Å². The predicted molar refractivity (Wildman–Crippen MR) is 73.7 cm³/mol. The summed E-state index contributed by atoms with van der Waals surface area (Å²) in [6.07, 6.45) is 2.65. The quantitative estimate of drug-likeness (QED) is 0.606. The molecule has 0 aromatic carbocycles. The van der Waals surface area contributed by atoms with Crippen molar-refractivity contribution in [3.63, 3.8) is 0 Å². The fraction of sp³-hybridized carbons (Fsp3) is 1.00. The van der Waals surface area contributed by atoms with Gasteiger partial charge in [-0.25, -0.2) is 0 Å². The maximum absolute atomic E-state index is 3.59. The summed E-state index contributed by atoms with van der Waals surface area (Å²) in [7, 11) is 0. The third-order valence-corrected chi connectivity index (χ3v) is 3.76. The smallest absolute Gasteiger partial charge is 0.00582 e. The maximum atomic E-state index is 3.59. The molecule has 1 atom stereocenters. The highest BCUT2D eigenvalue weighted by atomic mass is 32.2. The molecular weight excluding hydrogens is 202 g/mol. The van der Waals surface area contributed by atoms with Gasteiger partial charge in [-0.05, 0) is 37.4 Å². The van der Waals surface area contributed by atoms with Crippen LogP contribution >= 0.6 is 11.8 Å². The van der Waals surface area contributed by atoms with Gasteiger partial charge in [-0.1, -0.05) is 27.7 Å². The van der Waals surface area contributed by atoms with Gasteiger partial charge < -0.3 is 5.32 Å². The molecule has 2 heteroatoms. The van der Waals surface area contributed by atoms with Crippen molar-refractivity contribution >= 4 is 11.8 Å². The van der Waals surface area contributed by atoms with Gasteiger partial charge in [-0.3, -0.25) is 0 Å². The lowest BCUT2D eigenvalue weighted by Crippen LogP contribution is -2.28. The summed E-state index contributed by atoms with van der Waals surface area (Å²) < 4.78 is 0. The van der Waals surface area contributed by atoms with Gasteiger partial charge in [-0.2, -0.15) is 11.8 Å². The first-order valence-corrected chi connectivity index (χ1v) is 7.49. The van der Waals surface area contributed by atoms with Gasteiger partial charge in [0.15, 0.2) is 0 Å². The molecule has 0 aromatic rings. The molecule has 0 fully saturated rings. The fourth-order valence-corrected chi connectivity index (χ4v) is 2.28. The molecule has 0 aliphatic carbocycles. The van der Waals surface area contributed by atoms with Crippen LogP contribution < -0.4 is 5.32 Å². The minimum absolute atomic E-state index is 0.687. The second kappa shape index (κ2) is 9.53. The molecule has 1 nitrogen and oxygen atoms in total. The first kappa shape index (κ1) is 15.3. The Morgan fingerprint density at radius 1 is 0.933 bits per heavy atom. The van der Waals surface area contributed by atoms with Gasteiger partial charge in [0.1, 0.15) is 0 Å². The molecule has 0 heterocycles. The Labute approximate surface area is 101 Å². The highest BCUT2D eigenvalue weighted by molar-refractivity contribution is 7.99. The van der Waals surface area contributed by atoms with E-state index < -0.39 is 0 Å². The summed E-state index contributed by atoms with van der Waals surface area (Å²) in [4.78, 5) is 0. The van der Waals surface area contributed by atoms with Gasteiger partial charge in [0.2, 0.25) is 0 Å². The first-order valence-electron chi connectivity index (χ1n) is 6.33. The number of hydrogen-bond acceptors (Lipinski definition) is 2. The van der Waals surface area contributed by atoms with E-state index >= 15 is 0 Å². The second-order valence-corrected chi connectivity index (χ2v) is 6.44. The minimum atomic E-state index is 0.687. The lowest BCUT2D eigenvalue weighted by Gasteiger charge is -2.15. The number of nitrogens with one attached hydrogen (secondary N) is 1. The molecule has 0 saturated carbocycles. The summed E-state index contributed by atoms with van der Waals surface area (Å²) >= 11 is 2.07. The molecule has 0 radical (unpaired) electrons. The molecule has 0 aliphatic heterocycles. The fourth-order valence-electron chi connectivity index (χ4n) is 1.38. The summed E-state index contributed by atoms with van der Waals surface area (Å²) in [5, 5.41) is 3.59. The molecule has 0 saturated heterocycles. The zero-order chi connectivity index (χ0) is 11.7. The van der Waals surface area contributed by atoms with Crippen LogP contribution in [0.5, 0.6) is 0 Å². The standard InChI is InChI=1S/C13H29NS/c1-11(2)6-7-13(5)14-8-9-15-10-12(3)4/h11-14H,6-10H2,1-5H3. The Balaban J connectivity index is 3.20. The van der Waals surface area contributed by atoms with Crippen LogP contribution in [-0.4, -0.2) is 24.1 Å². The monoisotopic (exact) mass is 231 g/mol. The number of rotatable bonds is 9. The third-order valence-electron chi connectivity index (χ3n) is 2.37. The van der Waals surface area contributed by atoms with E-state index in [4.69, 9.17) is 0 Å². The second-order valence-electron chi connectivity index (χ2n) is 5.30. The van der Waals surface area contributed by atoms with Crippen molar-refractivity contribution < 1.29 is 0 Å². The molecular formula is C13H29NS. The molecule has 1 unspecified atom stereocenters. The third kappa shape index (κ3) is 12.2. The van der Waals surface area contributed by atoms with E-state index in [0.29, 0.717) is 6.04 Å². The highest BCUT2D eigenvalue weighted by Crippen LogP contribution is 2.08. The van der Waals surface area contributed by atoms with Crippen molar-refractivity contribution in [2.75, 3.05) is 18.1 Å². The van der Waals surface area contributed by atoms with Crippen molar-refractivity contribution in [2.24, 2.45) is 11.8 Å². The summed E-state index contributed by atoms with van der Waals surface area (Å²) in [6, 6.07) is 0.687. The Bertz CT molecular complexity index is 134. The van der Waals surface area contributed by atoms with Gasteiger partial charge in [0, 0.05) is 18.3 Å². The summed E-state index contributed by atoms with van der Waals surface area (Å²) in [5.41, 5.74) is 0. The number of thioether (sulfide) groups is 1. The molecule has 0 spiro atoms. The molecule has 92 valence electrons. The molecule has 1 N–H and O–H groups in total. The van der Waals surface area contributed by atoms with Crippen molar-refractivity contribution in [1.29, 1.82) is 0 Å². The van der Waals surface area contributed by atoms with Crippen molar-refractivity contribution in [3.8, 4) is 0 Å². The lowest BCUT2D eigenvalue weighted by molar-refractivity contribution is 0.460. The topological polar surface area (TPSA) is 12.0 Å². The molecule has 0 amide bonds. The van der Waals surface area contributed by atoms with E-state index in [1.165, 1.54) is 24.3 Å². The predicted octanol–water partition coefficient (Wildman–Crippen LogP) is 3.79. The van der Waals surface area contributed by atoms with Crippen LogP contribution in [0.3, 0.4) is 0 Å². The van der Waals surface area contributed by atoms with Crippen molar-refractivity contribution in [3.05, 3.63) is 0 Å². The minimum Gasteiger partial charge on any atom is -0.313 e. The maximum Gasteiger partial charge on any atom is 0.00582 e. The SMILES string of the molecule is CC(C)CCC(C)NCCSCC(C)C. The molecule has 0 bridgehead atoms. The van der Waals surface area contributed by atoms with Gasteiger partial charge in [-0.15, -0.1) is 0 Å². The van der Waals surface area contributed by atoms with Crippen LogP contribution in [-0.2, 0) is 0 Å². The van der Waals surface area contributed by atoms with E-state index in [-0.39, 0.29) is 0 Å². The Morgan fingerprint density at radius 3 is 2.13 bits per heavy atom. The Kier molecular flexibility index (Phi) is 9.73. The average molecular weight is 231 g/mol. The normalized spacial score (nSPS) is 13.8. The largest absolute Gasteiger partial charge is 0.313 e. The van der Waals surface area contributed by atoms with Crippen LogP contribution in [0.15, 0.2) is 0 Å². The summed E-state index contributed by atoms with van der Waals surface area (Å²) in [6.45, 7) is 12.6.